The molecule has 2 fully saturated rings. The minimum absolute atomic E-state index is 0.183. The van der Waals surface area contributed by atoms with E-state index in [1.54, 1.807) is 23.3 Å². The number of hydrogen-bond acceptors (Lipinski definition) is 10. The lowest BCUT2D eigenvalue weighted by molar-refractivity contribution is -0.107. The molecule has 2 aliphatic heterocycles. The van der Waals surface area contributed by atoms with Crippen LogP contribution in [0.4, 0.5) is 8.78 Å². The number of nitrogens with two attached hydrogens (primary N) is 1. The number of thiophene rings is 1. The van der Waals surface area contributed by atoms with Crippen molar-refractivity contribution >= 4 is 42.0 Å². The number of hydrogen-bond donors (Lipinski definition) is 5. The number of aromatic nitrogens is 1. The highest BCUT2D eigenvalue weighted by atomic mass is 32.1. The molecule has 0 saturated carbocycles. The summed E-state index contributed by atoms with van der Waals surface area (Å²) in [6.45, 7) is 2.63. The van der Waals surface area contributed by atoms with Crippen LogP contribution in [0.25, 0.3) is 10.1 Å². The maximum atomic E-state index is 13.4. The fourth-order valence-electron chi connectivity index (χ4n) is 4.84. The minimum Gasteiger partial charge on any atom is -0.365 e. The maximum Gasteiger partial charge on any atom is 0.258 e. The molecule has 4 heterocycles. The summed E-state index contributed by atoms with van der Waals surface area (Å²) >= 11 is 1.22. The molecular weight excluding hydrogens is 587 g/mol. The molecule has 3 aromatic rings. The smallest absolute Gasteiger partial charge is 0.258 e. The number of benzene rings is 1. The van der Waals surface area contributed by atoms with Crippen LogP contribution in [-0.2, 0) is 4.79 Å². The maximum absolute atomic E-state index is 13.4. The zero-order chi connectivity index (χ0) is 30.6. The zero-order valence-electron chi connectivity index (χ0n) is 23.4. The van der Waals surface area contributed by atoms with Crippen LogP contribution in [0.1, 0.15) is 71.2 Å². The average molecular weight is 626 g/mol. The van der Waals surface area contributed by atoms with E-state index in [1.165, 1.54) is 68.0 Å². The second-order valence-corrected chi connectivity index (χ2v) is 12.5. The normalized spacial score (nSPS) is 18.1. The number of primary amides is 1. The van der Waals surface area contributed by atoms with Crippen molar-refractivity contribution in [2.24, 2.45) is 5.73 Å². The Kier molecular flexibility index (Phi) is 13.7. The number of halogens is 2. The molecule has 6 N–H and O–H groups in total. The number of rotatable bonds is 10. The van der Waals surface area contributed by atoms with E-state index in [9.17, 15) is 18.4 Å². The highest BCUT2D eigenvalue weighted by molar-refractivity contribution is 7.45. The molecule has 2 saturated heterocycles. The summed E-state index contributed by atoms with van der Waals surface area (Å²) in [4.78, 5) is 45.3. The Morgan fingerprint density at radius 3 is 2.62 bits per heavy atom. The van der Waals surface area contributed by atoms with Crippen LogP contribution in [0.3, 0.4) is 0 Å². The summed E-state index contributed by atoms with van der Waals surface area (Å²) in [6.07, 6.45) is 10.9. The molecule has 14 heteroatoms. The predicted octanol–water partition coefficient (Wildman–Crippen LogP) is 4.62. The van der Waals surface area contributed by atoms with Gasteiger partial charge in [0.2, 0.25) is 8.38 Å². The lowest BCUT2D eigenvalue weighted by atomic mass is 9.94. The number of alkyl halides is 1. The first-order chi connectivity index (χ1) is 20.1. The van der Waals surface area contributed by atoms with Crippen molar-refractivity contribution in [3.8, 4) is 0 Å². The molecule has 0 spiro atoms. The molecule has 42 heavy (non-hydrogen) atoms. The van der Waals surface area contributed by atoms with E-state index in [0.29, 0.717) is 23.4 Å². The number of amides is 1. The first-order valence-corrected chi connectivity index (χ1v) is 15.8. The lowest BCUT2D eigenvalue weighted by Gasteiger charge is -2.37. The SMILES string of the molecule is CN1CCCC1CCCCC=O.NC(=O)c1cc2cc(C(F)P(O)O)ccc2s1.ONN1CC(c2cncc(F)c2)C1. The van der Waals surface area contributed by atoms with E-state index in [-0.39, 0.29) is 17.3 Å². The van der Waals surface area contributed by atoms with Crippen LogP contribution in [0.5, 0.6) is 0 Å². The Morgan fingerprint density at radius 1 is 1.26 bits per heavy atom. The monoisotopic (exact) mass is 625 g/mol. The van der Waals surface area contributed by atoms with Crippen molar-refractivity contribution in [1.82, 2.24) is 20.5 Å². The van der Waals surface area contributed by atoms with Gasteiger partial charge in [0.15, 0.2) is 5.91 Å². The summed E-state index contributed by atoms with van der Waals surface area (Å²) in [5, 5.41) is 10.8. The molecule has 2 aliphatic rings. The van der Waals surface area contributed by atoms with Gasteiger partial charge in [0.05, 0.1) is 11.1 Å². The van der Waals surface area contributed by atoms with E-state index in [4.69, 9.17) is 20.7 Å². The summed E-state index contributed by atoms with van der Waals surface area (Å²) in [6, 6.07) is 8.44. The summed E-state index contributed by atoms with van der Waals surface area (Å²) < 4.78 is 26.9. The van der Waals surface area contributed by atoms with Crippen LogP contribution in [0.15, 0.2) is 42.7 Å². The number of aldehydes is 1. The topological polar surface area (TPSA) is 152 Å². The van der Waals surface area contributed by atoms with Crippen molar-refractivity contribution in [3.05, 3.63) is 64.5 Å². The fraction of sp³-hybridized carbons (Fsp3) is 0.464. The second kappa shape index (κ2) is 17.0. The average Bonchev–Trinajstić information content (AvgIpc) is 3.56. The van der Waals surface area contributed by atoms with E-state index in [1.807, 2.05) is 5.59 Å². The van der Waals surface area contributed by atoms with Crippen LogP contribution >= 0.6 is 19.7 Å². The third-order valence-electron chi connectivity index (χ3n) is 7.26. The van der Waals surface area contributed by atoms with E-state index >= 15 is 0 Å². The van der Waals surface area contributed by atoms with Gasteiger partial charge in [-0.2, -0.15) is 0 Å². The number of nitrogens with zero attached hydrogens (tertiary/aromatic N) is 3. The van der Waals surface area contributed by atoms with Crippen molar-refractivity contribution in [1.29, 1.82) is 0 Å². The fourth-order valence-corrected chi connectivity index (χ4v) is 6.16. The molecule has 2 unspecified atom stereocenters. The Bertz CT molecular complexity index is 1300. The van der Waals surface area contributed by atoms with Gasteiger partial charge in [0.1, 0.15) is 12.1 Å². The van der Waals surface area contributed by atoms with Gasteiger partial charge in [-0.15, -0.1) is 16.9 Å². The van der Waals surface area contributed by atoms with Crippen molar-refractivity contribution in [2.75, 3.05) is 26.7 Å². The number of carbonyl (C=O) groups is 2. The van der Waals surface area contributed by atoms with Gasteiger partial charge in [-0.3, -0.25) is 9.78 Å². The summed E-state index contributed by atoms with van der Waals surface area (Å²) in [7, 11) is -0.448. The summed E-state index contributed by atoms with van der Waals surface area (Å²) in [5.74, 6) is -2.38. The van der Waals surface area contributed by atoms with Crippen LogP contribution in [0, 0.1) is 5.82 Å². The van der Waals surface area contributed by atoms with Gasteiger partial charge >= 0.3 is 0 Å². The molecule has 10 nitrogen and oxygen atoms in total. The third-order valence-corrected chi connectivity index (χ3v) is 9.10. The molecule has 2 atom stereocenters. The van der Waals surface area contributed by atoms with Gasteiger partial charge in [0, 0.05) is 42.4 Å². The van der Waals surface area contributed by atoms with E-state index in [0.717, 1.165) is 35.4 Å². The van der Waals surface area contributed by atoms with Gasteiger partial charge in [0.25, 0.3) is 5.91 Å². The number of carbonyl (C=O) groups excluding carboxylic acids is 2. The van der Waals surface area contributed by atoms with Gasteiger partial charge < -0.3 is 30.4 Å². The highest BCUT2D eigenvalue weighted by Crippen LogP contribution is 2.45. The Morgan fingerprint density at radius 2 is 2.02 bits per heavy atom. The molecule has 0 radical (unpaired) electrons. The second-order valence-electron chi connectivity index (χ2n) is 10.3. The number of nitrogens with one attached hydrogen (secondary N) is 1. The molecule has 0 aliphatic carbocycles. The number of fused-ring (bicyclic) bond motifs is 1. The molecule has 1 aromatic carbocycles. The highest BCUT2D eigenvalue weighted by Gasteiger charge is 2.28. The molecule has 5 rings (SSSR count). The van der Waals surface area contributed by atoms with Crippen LogP contribution < -0.4 is 11.3 Å². The third kappa shape index (κ3) is 10.1. The molecule has 1 amide bonds. The Labute approximate surface area is 249 Å². The number of pyridine rings is 1. The van der Waals surface area contributed by atoms with E-state index in [2.05, 4.69) is 16.9 Å². The molecular formula is C28H38F2N5O5PS. The minimum atomic E-state index is -2.65. The van der Waals surface area contributed by atoms with Crippen molar-refractivity contribution in [2.45, 2.75) is 56.4 Å². The Hall–Kier alpha value is -2.48. The first kappa shape index (κ1) is 34.0. The summed E-state index contributed by atoms with van der Waals surface area (Å²) in [5.41, 5.74) is 8.24. The van der Waals surface area contributed by atoms with Gasteiger partial charge in [-0.25, -0.2) is 13.8 Å². The van der Waals surface area contributed by atoms with Crippen molar-refractivity contribution in [3.63, 3.8) is 0 Å². The van der Waals surface area contributed by atoms with E-state index < -0.39 is 20.2 Å². The largest absolute Gasteiger partial charge is 0.365 e. The van der Waals surface area contributed by atoms with Gasteiger partial charge in [-0.1, -0.05) is 12.5 Å². The molecule has 0 bridgehead atoms. The van der Waals surface area contributed by atoms with Gasteiger partial charge in [-0.05, 0) is 80.1 Å². The quantitative estimate of drug-likeness (QED) is 0.0941. The standard InChI is InChI=1S/C10H9FNO3PS.C10H19NO.C8H10FN3O/c11-9(16(14)15)5-1-2-7-6(3-5)4-8(17-7)10(12)13;1-11-8-5-7-10(11)6-3-2-4-9-12;9-8-1-6(2-10-3-8)7-4-12(5-7)11-13/h1-4,9,14-15H,(H2,12,13);9-10H,2-8H2,1H3;1-3,7,11,13H,4-5H2. The Balaban J connectivity index is 0.000000176. The molecule has 2 aromatic heterocycles. The first-order valence-electron chi connectivity index (χ1n) is 13.7. The molecule has 230 valence electrons. The lowest BCUT2D eigenvalue weighted by Crippen LogP contribution is -2.51. The van der Waals surface area contributed by atoms with Crippen molar-refractivity contribution < 1.29 is 33.4 Å². The van der Waals surface area contributed by atoms with Crippen LogP contribution in [0.2, 0.25) is 0 Å². The number of hydrazine groups is 1. The number of unbranched alkanes of at least 4 members (excludes halogenated alkanes) is 2. The predicted molar refractivity (Wildman–Crippen MR) is 159 cm³/mol. The van der Waals surface area contributed by atoms with Crippen LogP contribution in [-0.4, -0.2) is 74.8 Å². The zero-order valence-corrected chi connectivity index (χ0v) is 25.1. The number of likely N-dealkylation sites (tertiary alicyclic amines) is 1.